The Kier molecular flexibility index (Phi) is 8.36. The summed E-state index contributed by atoms with van der Waals surface area (Å²) < 4.78 is 11.0. The monoisotopic (exact) mass is 274 g/mol. The predicted octanol–water partition coefficient (Wildman–Crippen LogP) is 4.97. The predicted molar refractivity (Wildman–Crippen MR) is 80.0 cm³/mol. The number of epoxide rings is 1. The number of unbranched alkanes of at least 4 members (excludes halogenated alkanes) is 6. The van der Waals surface area contributed by atoms with Crippen LogP contribution in [0.4, 0.5) is 0 Å². The average Bonchev–Trinajstić information content (AvgIpc) is 3.11. The Morgan fingerprint density at radius 3 is 2.33 bits per heavy atom. The van der Waals surface area contributed by atoms with Crippen LogP contribution in [0.5, 0.6) is 0 Å². The summed E-state index contributed by atoms with van der Waals surface area (Å²) in [4.78, 5) is 0. The van der Waals surface area contributed by atoms with Crippen LogP contribution in [-0.4, -0.2) is 24.1 Å². The van der Waals surface area contributed by atoms with E-state index in [1.165, 1.54) is 51.4 Å². The van der Waals surface area contributed by atoms with Crippen molar-refractivity contribution in [2.45, 2.75) is 83.8 Å². The second kappa shape index (κ2) is 9.22. The van der Waals surface area contributed by atoms with Crippen LogP contribution in [0.2, 0.25) is 0 Å². The largest absolute Gasteiger partial charge is 0.372 e. The van der Waals surface area contributed by atoms with E-state index in [1.807, 2.05) is 0 Å². The van der Waals surface area contributed by atoms with Gasteiger partial charge in [-0.15, -0.1) is 0 Å². The van der Waals surface area contributed by atoms with Crippen LogP contribution in [-0.2, 0) is 8.92 Å². The third-order valence-electron chi connectivity index (χ3n) is 3.32. The van der Waals surface area contributed by atoms with Crippen LogP contribution < -0.4 is 0 Å². The van der Waals surface area contributed by atoms with Crippen molar-refractivity contribution in [2.24, 2.45) is 0 Å². The molecule has 1 aliphatic heterocycles. The first-order chi connectivity index (χ1) is 8.64. The highest BCUT2D eigenvalue weighted by molar-refractivity contribution is 7.94. The third-order valence-corrected chi connectivity index (χ3v) is 4.40. The lowest BCUT2D eigenvalue weighted by molar-refractivity contribution is 0.125. The maximum absolute atomic E-state index is 5.86. The summed E-state index contributed by atoms with van der Waals surface area (Å²) >= 11 is 1.58. The first kappa shape index (κ1) is 16.3. The van der Waals surface area contributed by atoms with E-state index in [4.69, 9.17) is 8.92 Å². The number of hydrogen-bond donors (Lipinski definition) is 0. The van der Waals surface area contributed by atoms with Crippen molar-refractivity contribution in [3.05, 3.63) is 0 Å². The van der Waals surface area contributed by atoms with Gasteiger partial charge in [0.05, 0.1) is 18.3 Å². The summed E-state index contributed by atoms with van der Waals surface area (Å²) in [6.07, 6.45) is 11.2. The number of rotatable bonds is 12. The number of hydrogen-bond acceptors (Lipinski definition) is 3. The lowest BCUT2D eigenvalue weighted by Crippen LogP contribution is -2.21. The molecule has 0 aromatic rings. The Morgan fingerprint density at radius 1 is 1.11 bits per heavy atom. The molecule has 1 saturated heterocycles. The zero-order chi connectivity index (χ0) is 13.3. The van der Waals surface area contributed by atoms with Gasteiger partial charge in [-0.05, 0) is 32.3 Å². The highest BCUT2D eigenvalue weighted by atomic mass is 32.2. The van der Waals surface area contributed by atoms with Crippen molar-refractivity contribution in [3.63, 3.8) is 0 Å². The molecule has 0 radical (unpaired) electrons. The molecule has 1 fully saturated rings. The molecule has 1 heterocycles. The molecule has 2 nitrogen and oxygen atoms in total. The summed E-state index contributed by atoms with van der Waals surface area (Å²) in [5.74, 6) is 0.987. The molecule has 0 aromatic heterocycles. The van der Waals surface area contributed by atoms with E-state index in [-0.39, 0.29) is 5.60 Å². The molecule has 3 heteroatoms. The van der Waals surface area contributed by atoms with Gasteiger partial charge in [0.1, 0.15) is 0 Å². The molecule has 1 rings (SSSR count). The highest BCUT2D eigenvalue weighted by Gasteiger charge is 2.25. The molecule has 0 bridgehead atoms. The van der Waals surface area contributed by atoms with Crippen LogP contribution in [0.25, 0.3) is 0 Å². The topological polar surface area (TPSA) is 21.8 Å². The van der Waals surface area contributed by atoms with Crippen LogP contribution >= 0.6 is 12.0 Å². The van der Waals surface area contributed by atoms with E-state index in [2.05, 4.69) is 20.8 Å². The summed E-state index contributed by atoms with van der Waals surface area (Å²) in [5.41, 5.74) is 0.0168. The van der Waals surface area contributed by atoms with Crippen molar-refractivity contribution in [2.75, 3.05) is 12.4 Å². The standard InChI is InChI=1S/C15H30O2S/c1-4-5-6-7-8-9-10-11-15(2,3)17-18-13-14-12-16-14/h14H,4-13H2,1-3H3. The lowest BCUT2D eigenvalue weighted by Gasteiger charge is -2.23. The Morgan fingerprint density at radius 2 is 1.72 bits per heavy atom. The summed E-state index contributed by atoms with van der Waals surface area (Å²) in [6, 6.07) is 0. The van der Waals surface area contributed by atoms with Gasteiger partial charge < -0.3 is 8.92 Å². The van der Waals surface area contributed by atoms with E-state index < -0.39 is 0 Å². The zero-order valence-electron chi connectivity index (χ0n) is 12.4. The molecule has 0 N–H and O–H groups in total. The van der Waals surface area contributed by atoms with Gasteiger partial charge in [0.15, 0.2) is 0 Å². The van der Waals surface area contributed by atoms with Gasteiger partial charge in [0.25, 0.3) is 0 Å². The lowest BCUT2D eigenvalue weighted by atomic mass is 10.00. The van der Waals surface area contributed by atoms with E-state index in [0.717, 1.165) is 12.4 Å². The van der Waals surface area contributed by atoms with Crippen molar-refractivity contribution in [1.82, 2.24) is 0 Å². The second-order valence-corrected chi connectivity index (χ2v) is 6.69. The van der Waals surface area contributed by atoms with Crippen molar-refractivity contribution in [1.29, 1.82) is 0 Å². The fourth-order valence-corrected chi connectivity index (χ4v) is 2.80. The van der Waals surface area contributed by atoms with Crippen LogP contribution in [0.15, 0.2) is 0 Å². The highest BCUT2D eigenvalue weighted by Crippen LogP contribution is 2.27. The van der Waals surface area contributed by atoms with Gasteiger partial charge in [-0.1, -0.05) is 51.9 Å². The van der Waals surface area contributed by atoms with E-state index in [0.29, 0.717) is 6.10 Å². The van der Waals surface area contributed by atoms with Gasteiger partial charge >= 0.3 is 0 Å². The second-order valence-electron chi connectivity index (χ2n) is 5.95. The van der Waals surface area contributed by atoms with Crippen LogP contribution in [0.1, 0.15) is 72.1 Å². The first-order valence-corrected chi connectivity index (χ1v) is 8.47. The molecule has 0 aliphatic carbocycles. The molecular weight excluding hydrogens is 244 g/mol. The minimum Gasteiger partial charge on any atom is -0.372 e. The Hall–Kier alpha value is 0.270. The van der Waals surface area contributed by atoms with Crippen molar-refractivity contribution in [3.8, 4) is 0 Å². The van der Waals surface area contributed by atoms with Gasteiger partial charge in [0, 0.05) is 5.75 Å². The SMILES string of the molecule is CCCCCCCCCC(C)(C)OSCC1CO1. The van der Waals surface area contributed by atoms with Crippen molar-refractivity contribution >= 4 is 12.0 Å². The molecule has 18 heavy (non-hydrogen) atoms. The Bertz CT molecular complexity index is 203. The van der Waals surface area contributed by atoms with Gasteiger partial charge in [-0.3, -0.25) is 0 Å². The van der Waals surface area contributed by atoms with Gasteiger partial charge in [0.2, 0.25) is 0 Å². The maximum atomic E-state index is 5.86. The summed E-state index contributed by atoms with van der Waals surface area (Å²) in [6.45, 7) is 7.59. The number of ether oxygens (including phenoxy) is 1. The summed E-state index contributed by atoms with van der Waals surface area (Å²) in [7, 11) is 0. The summed E-state index contributed by atoms with van der Waals surface area (Å²) in [5, 5.41) is 0. The normalized spacial score (nSPS) is 19.2. The fraction of sp³-hybridized carbons (Fsp3) is 1.00. The first-order valence-electron chi connectivity index (χ1n) is 7.56. The maximum Gasteiger partial charge on any atom is 0.0922 e. The van der Waals surface area contributed by atoms with E-state index >= 15 is 0 Å². The van der Waals surface area contributed by atoms with Crippen LogP contribution in [0, 0.1) is 0 Å². The van der Waals surface area contributed by atoms with Gasteiger partial charge in [-0.2, -0.15) is 0 Å². The minimum absolute atomic E-state index is 0.0168. The Labute approximate surface area is 117 Å². The zero-order valence-corrected chi connectivity index (χ0v) is 13.2. The molecular formula is C15H30O2S. The average molecular weight is 274 g/mol. The van der Waals surface area contributed by atoms with Gasteiger partial charge in [-0.25, -0.2) is 0 Å². The molecule has 1 aliphatic rings. The molecule has 1 unspecified atom stereocenters. The molecule has 1 atom stereocenters. The smallest absolute Gasteiger partial charge is 0.0922 e. The van der Waals surface area contributed by atoms with Crippen LogP contribution in [0.3, 0.4) is 0 Å². The minimum atomic E-state index is 0.0168. The van der Waals surface area contributed by atoms with E-state index in [1.54, 1.807) is 12.0 Å². The molecule has 0 saturated carbocycles. The molecule has 0 spiro atoms. The third kappa shape index (κ3) is 9.23. The van der Waals surface area contributed by atoms with Crippen molar-refractivity contribution < 1.29 is 8.92 Å². The quantitative estimate of drug-likeness (QED) is 0.285. The molecule has 108 valence electrons. The molecule has 0 aromatic carbocycles. The Balaban J connectivity index is 1.88. The fourth-order valence-electron chi connectivity index (χ4n) is 1.98. The molecule has 0 amide bonds. The van der Waals surface area contributed by atoms with E-state index in [9.17, 15) is 0 Å².